The van der Waals surface area contributed by atoms with E-state index in [4.69, 9.17) is 9.29 Å². The van der Waals surface area contributed by atoms with Crippen LogP contribution in [0.25, 0.3) is 0 Å². The van der Waals surface area contributed by atoms with Gasteiger partial charge in [-0.2, -0.15) is 0 Å². The van der Waals surface area contributed by atoms with Crippen LogP contribution in [0.3, 0.4) is 0 Å². The molecule has 0 aromatic heterocycles. The average molecular weight is 178 g/mol. The molecule has 0 saturated carbocycles. The Kier molecular flexibility index (Phi) is 2.67. The Morgan fingerprint density at radius 2 is 2.27 bits per heavy atom. The Morgan fingerprint density at radius 1 is 1.73 bits per heavy atom. The highest BCUT2D eigenvalue weighted by Crippen LogP contribution is 2.35. The first kappa shape index (κ1) is 9.16. The molecule has 0 aromatic carbocycles. The SMILES string of the molecule is CC(C)C[C@]1([S@@](=O)O)CCO1. The van der Waals surface area contributed by atoms with Crippen molar-refractivity contribution >= 4 is 11.1 Å². The van der Waals surface area contributed by atoms with Crippen LogP contribution in [0.2, 0.25) is 0 Å². The maximum atomic E-state index is 10.8. The molecule has 1 saturated heterocycles. The summed E-state index contributed by atoms with van der Waals surface area (Å²) in [6.07, 6.45) is 1.39. The number of hydrogen-bond acceptors (Lipinski definition) is 2. The quantitative estimate of drug-likeness (QED) is 0.664. The molecule has 66 valence electrons. The fourth-order valence-electron chi connectivity index (χ4n) is 1.32. The summed E-state index contributed by atoms with van der Waals surface area (Å²) in [6, 6.07) is 0. The van der Waals surface area contributed by atoms with Gasteiger partial charge in [0.05, 0.1) is 6.61 Å². The minimum atomic E-state index is -1.82. The Bertz CT molecular complexity index is 163. The summed E-state index contributed by atoms with van der Waals surface area (Å²) in [5, 5.41) is 0. The average Bonchev–Trinajstić information content (AvgIpc) is 1.77. The second-order valence-corrected chi connectivity index (χ2v) is 4.60. The van der Waals surface area contributed by atoms with Crippen LogP contribution >= 0.6 is 0 Å². The number of hydrogen-bond donors (Lipinski definition) is 1. The summed E-state index contributed by atoms with van der Waals surface area (Å²) in [5.74, 6) is 0.409. The minimum Gasteiger partial charge on any atom is -0.359 e. The van der Waals surface area contributed by atoms with E-state index in [9.17, 15) is 4.21 Å². The van der Waals surface area contributed by atoms with Crippen molar-refractivity contribution in [2.45, 2.75) is 31.6 Å². The van der Waals surface area contributed by atoms with Crippen molar-refractivity contribution in [3.63, 3.8) is 0 Å². The van der Waals surface area contributed by atoms with E-state index in [1.165, 1.54) is 0 Å². The van der Waals surface area contributed by atoms with E-state index in [0.717, 1.165) is 0 Å². The van der Waals surface area contributed by atoms with Crippen LogP contribution in [0.1, 0.15) is 26.7 Å². The van der Waals surface area contributed by atoms with Gasteiger partial charge < -0.3 is 9.29 Å². The normalized spacial score (nSPS) is 33.5. The van der Waals surface area contributed by atoms with Gasteiger partial charge in [-0.3, -0.25) is 0 Å². The summed E-state index contributed by atoms with van der Waals surface area (Å²) in [7, 11) is 0. The fourth-order valence-corrected chi connectivity index (χ4v) is 2.24. The van der Waals surface area contributed by atoms with Gasteiger partial charge in [0.15, 0.2) is 16.0 Å². The highest BCUT2D eigenvalue weighted by molar-refractivity contribution is 7.80. The van der Waals surface area contributed by atoms with E-state index >= 15 is 0 Å². The lowest BCUT2D eigenvalue weighted by Crippen LogP contribution is -2.48. The Labute approximate surface area is 69.4 Å². The molecular weight excluding hydrogens is 164 g/mol. The van der Waals surface area contributed by atoms with E-state index in [0.29, 0.717) is 25.4 Å². The largest absolute Gasteiger partial charge is 0.359 e. The molecule has 1 heterocycles. The van der Waals surface area contributed by atoms with Crippen molar-refractivity contribution in [3.8, 4) is 0 Å². The molecule has 0 amide bonds. The van der Waals surface area contributed by atoms with Gasteiger partial charge in [-0.1, -0.05) is 13.8 Å². The molecule has 0 aliphatic carbocycles. The molecule has 0 spiro atoms. The van der Waals surface area contributed by atoms with Crippen molar-refractivity contribution in [2.24, 2.45) is 5.92 Å². The van der Waals surface area contributed by atoms with Crippen molar-refractivity contribution in [3.05, 3.63) is 0 Å². The highest BCUT2D eigenvalue weighted by atomic mass is 32.2. The van der Waals surface area contributed by atoms with E-state index in [1.54, 1.807) is 0 Å². The smallest absolute Gasteiger partial charge is 0.186 e. The van der Waals surface area contributed by atoms with Gasteiger partial charge >= 0.3 is 0 Å². The molecule has 3 nitrogen and oxygen atoms in total. The minimum absolute atomic E-state index is 0.409. The standard InChI is InChI=1S/C7H14O3S/c1-6(2)5-7(11(8)9)3-4-10-7/h6H,3-5H2,1-2H3,(H,8,9)/t7-/m1/s1. The second kappa shape index (κ2) is 3.21. The van der Waals surface area contributed by atoms with Crippen molar-refractivity contribution < 1.29 is 13.5 Å². The van der Waals surface area contributed by atoms with Crippen LogP contribution in [-0.4, -0.2) is 20.3 Å². The van der Waals surface area contributed by atoms with E-state index in [1.807, 2.05) is 13.8 Å². The molecule has 0 aromatic rings. The van der Waals surface area contributed by atoms with Crippen LogP contribution in [0.5, 0.6) is 0 Å². The molecule has 1 rings (SSSR count). The third-order valence-corrected chi connectivity index (χ3v) is 3.01. The molecule has 1 N–H and O–H groups in total. The van der Waals surface area contributed by atoms with Crippen molar-refractivity contribution in [1.29, 1.82) is 0 Å². The second-order valence-electron chi connectivity index (χ2n) is 3.36. The van der Waals surface area contributed by atoms with E-state index in [2.05, 4.69) is 0 Å². The van der Waals surface area contributed by atoms with Gasteiger partial charge in [0.1, 0.15) is 0 Å². The van der Waals surface area contributed by atoms with Crippen LogP contribution < -0.4 is 0 Å². The van der Waals surface area contributed by atoms with Crippen molar-refractivity contribution in [2.75, 3.05) is 6.61 Å². The summed E-state index contributed by atoms with van der Waals surface area (Å²) < 4.78 is 24.9. The van der Waals surface area contributed by atoms with E-state index in [-0.39, 0.29) is 0 Å². The predicted octanol–water partition coefficient (Wildman–Crippen LogP) is 1.37. The molecule has 1 fully saturated rings. The number of ether oxygens (including phenoxy) is 1. The molecule has 4 heteroatoms. The zero-order valence-electron chi connectivity index (χ0n) is 6.87. The monoisotopic (exact) mass is 178 g/mol. The topological polar surface area (TPSA) is 46.5 Å². The molecule has 1 aliphatic rings. The summed E-state index contributed by atoms with van der Waals surface area (Å²) >= 11 is -1.82. The van der Waals surface area contributed by atoms with Crippen LogP contribution in [0.15, 0.2) is 0 Å². The Hall–Kier alpha value is 0.0700. The van der Waals surface area contributed by atoms with Gasteiger partial charge in [-0.15, -0.1) is 0 Å². The van der Waals surface area contributed by atoms with Crippen LogP contribution in [0.4, 0.5) is 0 Å². The van der Waals surface area contributed by atoms with Gasteiger partial charge in [0.2, 0.25) is 0 Å². The lowest BCUT2D eigenvalue weighted by molar-refractivity contribution is -0.0964. The Morgan fingerprint density at radius 3 is 2.36 bits per heavy atom. The molecule has 11 heavy (non-hydrogen) atoms. The van der Waals surface area contributed by atoms with Gasteiger partial charge in [-0.25, -0.2) is 4.21 Å². The molecule has 2 atom stereocenters. The lowest BCUT2D eigenvalue weighted by Gasteiger charge is -2.39. The fraction of sp³-hybridized carbons (Fsp3) is 1.00. The zero-order chi connectivity index (χ0) is 8.48. The third kappa shape index (κ3) is 1.80. The lowest BCUT2D eigenvalue weighted by atomic mass is 10.0. The summed E-state index contributed by atoms with van der Waals surface area (Å²) in [6.45, 7) is 4.67. The summed E-state index contributed by atoms with van der Waals surface area (Å²) in [4.78, 5) is -0.728. The molecule has 0 unspecified atom stereocenters. The summed E-state index contributed by atoms with van der Waals surface area (Å²) in [5.41, 5.74) is 0. The first-order valence-corrected chi connectivity index (χ1v) is 4.92. The molecule has 0 bridgehead atoms. The molecule has 0 radical (unpaired) electrons. The van der Waals surface area contributed by atoms with Crippen molar-refractivity contribution in [1.82, 2.24) is 0 Å². The Balaban J connectivity index is 2.54. The van der Waals surface area contributed by atoms with Gasteiger partial charge in [-0.05, 0) is 12.3 Å². The first-order valence-electron chi connectivity index (χ1n) is 3.82. The highest BCUT2D eigenvalue weighted by Gasteiger charge is 2.44. The number of rotatable bonds is 3. The maximum Gasteiger partial charge on any atom is 0.186 e. The van der Waals surface area contributed by atoms with Crippen LogP contribution in [0, 0.1) is 5.92 Å². The van der Waals surface area contributed by atoms with Gasteiger partial charge in [0.25, 0.3) is 0 Å². The van der Waals surface area contributed by atoms with Gasteiger partial charge in [0, 0.05) is 6.42 Å². The molecule has 1 aliphatic heterocycles. The first-order chi connectivity index (χ1) is 5.07. The maximum absolute atomic E-state index is 10.8. The molecular formula is C7H14O3S. The van der Waals surface area contributed by atoms with E-state index < -0.39 is 16.0 Å². The predicted molar refractivity (Wildman–Crippen MR) is 43.5 cm³/mol. The zero-order valence-corrected chi connectivity index (χ0v) is 7.69. The third-order valence-electron chi connectivity index (χ3n) is 1.89. The van der Waals surface area contributed by atoms with Crippen LogP contribution in [-0.2, 0) is 15.8 Å².